The highest BCUT2D eigenvalue weighted by atomic mass is 35.5. The van der Waals surface area contributed by atoms with Crippen molar-refractivity contribution in [3.05, 3.63) is 118 Å². The van der Waals surface area contributed by atoms with E-state index in [1.807, 2.05) is 43.5 Å². The van der Waals surface area contributed by atoms with Crippen LogP contribution in [0.25, 0.3) is 0 Å². The Hall–Kier alpha value is -3.70. The quantitative estimate of drug-likeness (QED) is 0.120. The number of benzene rings is 4. The number of rotatable bonds is 16. The zero-order valence-electron chi connectivity index (χ0n) is 27.1. The van der Waals surface area contributed by atoms with E-state index in [9.17, 15) is 18.0 Å². The summed E-state index contributed by atoms with van der Waals surface area (Å²) in [5.74, 6) is -0.720. The monoisotopic (exact) mass is 727 g/mol. The highest BCUT2D eigenvalue weighted by Gasteiger charge is 2.36. The molecule has 0 spiro atoms. The summed E-state index contributed by atoms with van der Waals surface area (Å²) in [6, 6.07) is 26.4. The maximum Gasteiger partial charge on any atom is 0.264 e. The molecule has 8 nitrogen and oxygen atoms in total. The molecule has 4 rings (SSSR count). The number of sulfonamides is 1. The number of anilines is 1. The van der Waals surface area contributed by atoms with Crippen molar-refractivity contribution in [3.8, 4) is 5.75 Å². The minimum Gasteiger partial charge on any atom is -0.492 e. The van der Waals surface area contributed by atoms with E-state index in [2.05, 4.69) is 5.32 Å². The second-order valence-electron chi connectivity index (χ2n) is 10.8. The van der Waals surface area contributed by atoms with Crippen LogP contribution in [0.15, 0.2) is 107 Å². The first-order valence-corrected chi connectivity index (χ1v) is 18.9. The molecule has 4 aromatic carbocycles. The Balaban J connectivity index is 1.86. The van der Waals surface area contributed by atoms with Crippen molar-refractivity contribution < 1.29 is 22.7 Å². The van der Waals surface area contributed by atoms with Crippen molar-refractivity contribution in [2.24, 2.45) is 0 Å². The molecule has 1 N–H and O–H groups in total. The number of thioether (sulfide) groups is 1. The highest BCUT2D eigenvalue weighted by molar-refractivity contribution is 7.98. The number of nitrogens with zero attached hydrogens (tertiary/aromatic N) is 2. The van der Waals surface area contributed by atoms with Gasteiger partial charge in [-0.15, -0.1) is 11.8 Å². The zero-order chi connectivity index (χ0) is 34.7. The van der Waals surface area contributed by atoms with Crippen LogP contribution >= 0.6 is 35.0 Å². The smallest absolute Gasteiger partial charge is 0.264 e. The van der Waals surface area contributed by atoms with Gasteiger partial charge in [-0.2, -0.15) is 0 Å². The van der Waals surface area contributed by atoms with E-state index in [1.54, 1.807) is 61.5 Å². The molecule has 0 saturated carbocycles. The summed E-state index contributed by atoms with van der Waals surface area (Å²) in [5, 5.41) is 3.55. The Morgan fingerprint density at radius 1 is 0.875 bits per heavy atom. The molecular formula is C36H39Cl2N3O5S2. The first-order valence-electron chi connectivity index (χ1n) is 15.5. The number of carbonyl (C=O) groups is 2. The van der Waals surface area contributed by atoms with Crippen molar-refractivity contribution >= 4 is 62.5 Å². The van der Waals surface area contributed by atoms with Gasteiger partial charge in [0, 0.05) is 40.0 Å². The maximum atomic E-state index is 14.7. The van der Waals surface area contributed by atoms with Crippen LogP contribution in [0.3, 0.4) is 0 Å². The average Bonchev–Trinajstić information content (AvgIpc) is 3.09. The molecule has 0 heterocycles. The highest BCUT2D eigenvalue weighted by Crippen LogP contribution is 2.34. The first-order chi connectivity index (χ1) is 23.1. The predicted molar refractivity (Wildman–Crippen MR) is 195 cm³/mol. The minimum atomic E-state index is -4.31. The summed E-state index contributed by atoms with van der Waals surface area (Å²) >= 11 is 14.7. The Bertz CT molecular complexity index is 1770. The molecule has 0 aliphatic heterocycles. The van der Waals surface area contributed by atoms with Gasteiger partial charge in [-0.25, -0.2) is 8.42 Å². The molecular weight excluding hydrogens is 689 g/mol. The number of ether oxygens (including phenoxy) is 1. The van der Waals surface area contributed by atoms with Gasteiger partial charge < -0.3 is 15.0 Å². The summed E-state index contributed by atoms with van der Waals surface area (Å²) in [6.45, 7) is 3.62. The van der Waals surface area contributed by atoms with E-state index in [-0.39, 0.29) is 36.1 Å². The molecule has 1 atom stereocenters. The zero-order valence-corrected chi connectivity index (χ0v) is 30.2. The van der Waals surface area contributed by atoms with Crippen LogP contribution in [-0.4, -0.2) is 57.1 Å². The molecule has 0 radical (unpaired) electrons. The molecule has 0 aliphatic carbocycles. The van der Waals surface area contributed by atoms with Crippen LogP contribution in [0.2, 0.25) is 10.0 Å². The fraction of sp³-hybridized carbons (Fsp3) is 0.278. The third-order valence-corrected chi connectivity index (χ3v) is 10.8. The summed E-state index contributed by atoms with van der Waals surface area (Å²) in [4.78, 5) is 30.8. The fourth-order valence-electron chi connectivity index (χ4n) is 5.10. The van der Waals surface area contributed by atoms with Crippen LogP contribution in [0.5, 0.6) is 5.75 Å². The van der Waals surface area contributed by atoms with Gasteiger partial charge in [0.1, 0.15) is 18.3 Å². The molecule has 254 valence electrons. The molecule has 0 aliphatic rings. The van der Waals surface area contributed by atoms with Crippen molar-refractivity contribution in [3.63, 3.8) is 0 Å². The number of nitrogens with one attached hydrogen (secondary N) is 1. The van der Waals surface area contributed by atoms with Crippen molar-refractivity contribution in [1.29, 1.82) is 0 Å². The fourth-order valence-corrected chi connectivity index (χ4v) is 7.45. The lowest BCUT2D eigenvalue weighted by Gasteiger charge is -2.34. The molecule has 12 heteroatoms. The number of hydrogen-bond donors (Lipinski definition) is 1. The molecule has 0 bridgehead atoms. The lowest BCUT2D eigenvalue weighted by molar-refractivity contribution is -0.140. The molecule has 0 unspecified atom stereocenters. The van der Waals surface area contributed by atoms with Gasteiger partial charge >= 0.3 is 0 Å². The summed E-state index contributed by atoms with van der Waals surface area (Å²) in [7, 11) is -4.31. The van der Waals surface area contributed by atoms with Gasteiger partial charge in [0.25, 0.3) is 10.0 Å². The van der Waals surface area contributed by atoms with E-state index in [0.29, 0.717) is 34.3 Å². The van der Waals surface area contributed by atoms with Crippen LogP contribution in [-0.2, 0) is 32.6 Å². The topological polar surface area (TPSA) is 96.0 Å². The number of amides is 2. The molecule has 0 fully saturated rings. The SMILES string of the molecule is CCCNC(=O)[C@H](Cc1ccccc1)N(Cc1c(Cl)cccc1Cl)C(=O)CN(c1ccccc1OCC)S(=O)(=O)c1ccc(SC)cc1. The van der Waals surface area contributed by atoms with Gasteiger partial charge in [0.05, 0.1) is 17.2 Å². The van der Waals surface area contributed by atoms with Gasteiger partial charge in [-0.1, -0.05) is 78.7 Å². The summed E-state index contributed by atoms with van der Waals surface area (Å²) in [5.41, 5.74) is 1.44. The number of para-hydroxylation sites is 2. The molecule has 4 aromatic rings. The lowest BCUT2D eigenvalue weighted by Crippen LogP contribution is -2.53. The van der Waals surface area contributed by atoms with Crippen molar-refractivity contribution in [2.75, 3.05) is 30.3 Å². The maximum absolute atomic E-state index is 14.7. The van der Waals surface area contributed by atoms with Crippen LogP contribution < -0.4 is 14.4 Å². The molecule has 0 aromatic heterocycles. The molecule has 2 amide bonds. The van der Waals surface area contributed by atoms with Gasteiger partial charge in [-0.05, 0) is 73.7 Å². The van der Waals surface area contributed by atoms with E-state index >= 15 is 0 Å². The Labute approximate surface area is 297 Å². The average molecular weight is 729 g/mol. The van der Waals surface area contributed by atoms with Crippen molar-refractivity contribution in [1.82, 2.24) is 10.2 Å². The number of hydrogen-bond acceptors (Lipinski definition) is 6. The second-order valence-corrected chi connectivity index (χ2v) is 14.4. The summed E-state index contributed by atoms with van der Waals surface area (Å²) < 4.78 is 35.7. The van der Waals surface area contributed by atoms with Crippen LogP contribution in [0, 0.1) is 0 Å². The van der Waals surface area contributed by atoms with E-state index in [4.69, 9.17) is 27.9 Å². The first kappa shape index (κ1) is 37.1. The normalized spacial score (nSPS) is 11.9. The third-order valence-electron chi connectivity index (χ3n) is 7.57. The lowest BCUT2D eigenvalue weighted by atomic mass is 10.0. The Kier molecular flexibility index (Phi) is 13.6. The number of carbonyl (C=O) groups excluding carboxylic acids is 2. The minimum absolute atomic E-state index is 0.00150. The van der Waals surface area contributed by atoms with Crippen molar-refractivity contribution in [2.45, 2.75) is 49.1 Å². The van der Waals surface area contributed by atoms with Gasteiger partial charge in [0.2, 0.25) is 11.8 Å². The van der Waals surface area contributed by atoms with Gasteiger partial charge in [-0.3, -0.25) is 13.9 Å². The second kappa shape index (κ2) is 17.6. The van der Waals surface area contributed by atoms with E-state index in [1.165, 1.54) is 28.8 Å². The Morgan fingerprint density at radius 3 is 2.15 bits per heavy atom. The third kappa shape index (κ3) is 9.25. The number of halogens is 2. The Morgan fingerprint density at radius 2 is 1.52 bits per heavy atom. The van der Waals surface area contributed by atoms with Crippen LogP contribution in [0.1, 0.15) is 31.4 Å². The molecule has 48 heavy (non-hydrogen) atoms. The largest absolute Gasteiger partial charge is 0.492 e. The van der Waals surface area contributed by atoms with E-state index in [0.717, 1.165) is 14.8 Å². The van der Waals surface area contributed by atoms with Gasteiger partial charge in [0.15, 0.2) is 0 Å². The predicted octanol–water partition coefficient (Wildman–Crippen LogP) is 7.48. The standard InChI is InChI=1S/C36H39Cl2N3O5S2/c1-4-22-39-36(43)33(23-26-12-7-6-8-13-26)40(24-29-30(37)14-11-15-31(29)38)35(42)25-41(32-16-9-10-17-34(32)46-5-2)48(44,45)28-20-18-27(47-3)19-21-28/h6-21,33H,4-5,22-25H2,1-3H3,(H,39,43)/t33-/m0/s1. The summed E-state index contributed by atoms with van der Waals surface area (Å²) in [6.07, 6.45) is 2.75. The van der Waals surface area contributed by atoms with E-state index < -0.39 is 28.5 Å². The molecule has 0 saturated heterocycles. The van der Waals surface area contributed by atoms with Crippen LogP contribution in [0.4, 0.5) is 5.69 Å².